The Bertz CT molecular complexity index is 6840. The highest BCUT2D eigenvalue weighted by Crippen LogP contribution is 2.47. The fourth-order valence-electron chi connectivity index (χ4n) is 12.1. The van der Waals surface area contributed by atoms with Crippen LogP contribution in [0.3, 0.4) is 0 Å². The molecule has 388 valence electrons. The van der Waals surface area contributed by atoms with Gasteiger partial charge in [-0.3, -0.25) is 0 Å². The van der Waals surface area contributed by atoms with Gasteiger partial charge in [-0.2, -0.15) is 0 Å². The summed E-state index contributed by atoms with van der Waals surface area (Å²) in [4.78, 5) is 0. The Morgan fingerprint density at radius 3 is 1.19 bits per heavy atom. The quantitative estimate of drug-likeness (QED) is 0.115. The lowest BCUT2D eigenvalue weighted by atomic mass is 9.84. The van der Waals surface area contributed by atoms with Crippen LogP contribution in [0.1, 0.15) is 35.6 Å². The van der Waals surface area contributed by atoms with E-state index in [1.165, 1.54) is 6.07 Å². The number of benzene rings is 18. The van der Waals surface area contributed by atoms with Gasteiger partial charge in [0.2, 0.25) is 0 Å². The van der Waals surface area contributed by atoms with Crippen molar-refractivity contribution in [3.05, 3.63) is 315 Å². The second-order valence-corrected chi connectivity index (χ2v) is 20.6. The topological polar surface area (TPSA) is 0 Å². The van der Waals surface area contributed by atoms with E-state index in [0.29, 0.717) is 33.4 Å². The van der Waals surface area contributed by atoms with Crippen LogP contribution in [-0.2, 0) is 0 Å². The third-order valence-electron chi connectivity index (χ3n) is 15.9. The maximum atomic E-state index is 9.48. The van der Waals surface area contributed by atoms with Crippen LogP contribution in [0, 0.1) is 0 Å². The average molecular weight is 1090 g/mol. The molecule has 0 nitrogen and oxygen atoms in total. The molecular formula is C84H52. The molecule has 0 atom stereocenters. The van der Waals surface area contributed by atoms with E-state index in [9.17, 15) is 13.7 Å². The molecule has 0 heteroatoms. The molecule has 0 bridgehead atoms. The van der Waals surface area contributed by atoms with Crippen molar-refractivity contribution in [3.63, 3.8) is 0 Å². The SMILES string of the molecule is [2H]c1c([2H])c([2H])c2c(-c3cccc4ccccc34)c3c([2H])c([2H])c([2H])c([2H])c3c(-c3ccc(-c4ccc5ccccc5c4)cc3)c2c1[2H].[2H]c1c([2H])c2c([2H])c([2H])c3c([2H])c([2H])c(-c4cc(-c5ccccc5)cc(-c5c([2H])c([2H])c6c([2H])c([2H])c7c([2H])c([2H])c([2H])c8c([2H])c([2H])c5c6c78)c4)c4c([2H])c([2H])c(c1[2H])c2c34. The van der Waals surface area contributed by atoms with Gasteiger partial charge in [-0.05, 0) is 199 Å². The number of rotatable bonds is 6. The first-order chi connectivity index (χ1) is 52.5. The third-order valence-corrected chi connectivity index (χ3v) is 15.9. The van der Waals surface area contributed by atoms with Gasteiger partial charge in [-0.1, -0.05) is 291 Å². The van der Waals surface area contributed by atoms with Crippen LogP contribution in [0.2, 0.25) is 0 Å². The molecule has 0 aromatic heterocycles. The van der Waals surface area contributed by atoms with Gasteiger partial charge in [-0.15, -0.1) is 0 Å². The molecule has 0 unspecified atom stereocenters. The highest BCUT2D eigenvalue weighted by Gasteiger charge is 2.20. The van der Waals surface area contributed by atoms with Gasteiger partial charge < -0.3 is 0 Å². The summed E-state index contributed by atoms with van der Waals surface area (Å²) in [5.74, 6) is 0. The summed E-state index contributed by atoms with van der Waals surface area (Å²) in [6.45, 7) is 0. The smallest absolute Gasteiger partial charge is 0.0622 e. The molecule has 84 heavy (non-hydrogen) atoms. The minimum Gasteiger partial charge on any atom is -0.0622 e. The summed E-state index contributed by atoms with van der Waals surface area (Å²) in [6, 6.07) is 36.6. The standard InChI is InChI=1S/C44H26.C40H26/c1-2-6-27(7-3-1)34-24-35(37-20-16-32-14-12-28-8-4-10-30-18-22-39(37)43(32)41(28)30)26-36(25-34)38-21-17-33-15-13-29-9-5-11-31-19-23-40(38)44(33)42(29)31;1-2-12-31-26-32(25-22-27(31)10-1)28-20-23-30(24-21-28)39-35-15-5-7-17-37(35)40(38-18-8-6-16-36(38)39)34-19-9-13-29-11-3-4-14-33(29)34/h1-26H;1-26H/i4D,5D,8D,9D,10D,11D,12D,13D,14D,15D,16D,17D,18D,19D,20D,21D,22D,23D;5D,6D,7D,8D,15D,16D,17D,18D. The third kappa shape index (κ3) is 7.76. The molecule has 0 spiro atoms. The Labute approximate surface area is 523 Å². The average Bonchev–Trinajstić information content (AvgIpc) is 0.677. The molecular weight excluding hydrogens is 1010 g/mol. The van der Waals surface area contributed by atoms with Crippen molar-refractivity contribution in [3.8, 4) is 66.8 Å². The summed E-state index contributed by atoms with van der Waals surface area (Å²) in [7, 11) is 0. The molecule has 0 aliphatic carbocycles. The zero-order valence-electron chi connectivity index (χ0n) is 70.0. The van der Waals surface area contributed by atoms with Gasteiger partial charge in [0.15, 0.2) is 0 Å². The molecule has 0 amide bonds. The fourth-order valence-corrected chi connectivity index (χ4v) is 12.1. The molecule has 0 N–H and O–H groups in total. The first-order valence-corrected chi connectivity index (χ1v) is 27.1. The van der Waals surface area contributed by atoms with Crippen LogP contribution >= 0.6 is 0 Å². The van der Waals surface area contributed by atoms with Crippen LogP contribution in [-0.4, -0.2) is 0 Å². The summed E-state index contributed by atoms with van der Waals surface area (Å²) < 4.78 is 234. The second kappa shape index (κ2) is 19.4. The number of hydrogen-bond acceptors (Lipinski definition) is 0. The predicted molar refractivity (Wildman–Crippen MR) is 363 cm³/mol. The van der Waals surface area contributed by atoms with Gasteiger partial charge in [0.05, 0.1) is 35.6 Å². The summed E-state index contributed by atoms with van der Waals surface area (Å²) in [5, 5.41) is 3.24. The Morgan fingerprint density at radius 2 is 0.607 bits per heavy atom. The molecule has 18 aromatic carbocycles. The van der Waals surface area contributed by atoms with E-state index in [4.69, 9.17) is 21.9 Å². The van der Waals surface area contributed by atoms with Crippen molar-refractivity contribution >= 4 is 108 Å². The van der Waals surface area contributed by atoms with Crippen LogP contribution in [0.5, 0.6) is 0 Å². The van der Waals surface area contributed by atoms with E-state index >= 15 is 0 Å². The van der Waals surface area contributed by atoms with Gasteiger partial charge in [0.1, 0.15) is 0 Å². The molecule has 0 heterocycles. The summed E-state index contributed by atoms with van der Waals surface area (Å²) in [5.41, 5.74) is 5.03. The monoisotopic (exact) mass is 1090 g/mol. The number of fused-ring (bicyclic) bond motifs is 4. The predicted octanol–water partition coefficient (Wildman–Crippen LogP) is 23.8. The molecule has 0 aliphatic rings. The molecule has 0 saturated heterocycles. The Morgan fingerprint density at radius 1 is 0.179 bits per heavy atom. The maximum absolute atomic E-state index is 9.48. The van der Waals surface area contributed by atoms with Gasteiger partial charge in [0.25, 0.3) is 0 Å². The van der Waals surface area contributed by atoms with Crippen LogP contribution < -0.4 is 0 Å². The van der Waals surface area contributed by atoms with Crippen molar-refractivity contribution in [2.24, 2.45) is 0 Å². The minimum atomic E-state index is -0.600. The lowest BCUT2D eigenvalue weighted by molar-refractivity contribution is 1.59. The van der Waals surface area contributed by atoms with Gasteiger partial charge >= 0.3 is 0 Å². The molecule has 0 fully saturated rings. The summed E-state index contributed by atoms with van der Waals surface area (Å²) in [6.07, 6.45) is 0. The van der Waals surface area contributed by atoms with Gasteiger partial charge in [-0.25, -0.2) is 0 Å². The van der Waals surface area contributed by atoms with Crippen molar-refractivity contribution in [2.45, 2.75) is 0 Å². The molecule has 18 rings (SSSR count). The summed E-state index contributed by atoms with van der Waals surface area (Å²) >= 11 is 0. The maximum Gasteiger partial charge on any atom is 0.0630 e. The van der Waals surface area contributed by atoms with Crippen LogP contribution in [0.15, 0.2) is 315 Å². The zero-order valence-corrected chi connectivity index (χ0v) is 44.0. The van der Waals surface area contributed by atoms with Crippen molar-refractivity contribution in [1.29, 1.82) is 0 Å². The van der Waals surface area contributed by atoms with E-state index in [0.717, 1.165) is 32.7 Å². The largest absolute Gasteiger partial charge is 0.0630 e. The fraction of sp³-hybridized carbons (Fsp3) is 0. The zero-order chi connectivity index (χ0) is 77.9. The van der Waals surface area contributed by atoms with Crippen LogP contribution in [0.4, 0.5) is 0 Å². The lowest BCUT2D eigenvalue weighted by Gasteiger charge is -2.19. The Hall–Kier alpha value is -10.9. The highest BCUT2D eigenvalue weighted by molar-refractivity contribution is 6.28. The molecule has 0 radical (unpaired) electrons. The van der Waals surface area contributed by atoms with E-state index in [1.807, 2.05) is 84.9 Å². The van der Waals surface area contributed by atoms with Crippen molar-refractivity contribution in [2.75, 3.05) is 0 Å². The van der Waals surface area contributed by atoms with Crippen molar-refractivity contribution < 1.29 is 35.6 Å². The van der Waals surface area contributed by atoms with E-state index in [1.54, 1.807) is 42.5 Å². The lowest BCUT2D eigenvalue weighted by Crippen LogP contribution is -1.91. The molecule has 0 saturated carbocycles. The number of hydrogen-bond donors (Lipinski definition) is 0. The highest BCUT2D eigenvalue weighted by atomic mass is 14.2. The first kappa shape index (κ1) is 28.7. The Kier molecular flexibility index (Phi) is 6.61. The molecule has 18 aromatic rings. The van der Waals surface area contributed by atoms with E-state index in [-0.39, 0.29) is 133 Å². The van der Waals surface area contributed by atoms with Crippen molar-refractivity contribution in [1.82, 2.24) is 0 Å². The normalized spacial score (nSPS) is 16.1. The first-order valence-electron chi connectivity index (χ1n) is 40.1. The van der Waals surface area contributed by atoms with Crippen LogP contribution in [0.25, 0.3) is 174 Å². The van der Waals surface area contributed by atoms with E-state index in [2.05, 4.69) is 24.3 Å². The van der Waals surface area contributed by atoms with E-state index < -0.39 is 133 Å². The Balaban J connectivity index is 0.000000166. The molecule has 0 aliphatic heterocycles. The van der Waals surface area contributed by atoms with Gasteiger partial charge in [0, 0.05) is 0 Å². The minimum absolute atomic E-state index is 0.00774. The second-order valence-electron chi connectivity index (χ2n) is 20.6.